The second kappa shape index (κ2) is 9.32. The molecule has 0 atom stereocenters. The number of carbonyl (C=O) groups is 3. The molecule has 0 radical (unpaired) electrons. The monoisotopic (exact) mass is 397 g/mol. The highest BCUT2D eigenvalue weighted by Gasteiger charge is 2.30. The Labute approximate surface area is 168 Å². The lowest BCUT2D eigenvalue weighted by Crippen LogP contribution is -2.32. The molecule has 2 aromatic rings. The molecule has 2 aromatic carbocycles. The topological polar surface area (TPSA) is 87.3 Å². The fourth-order valence-electron chi connectivity index (χ4n) is 3.54. The van der Waals surface area contributed by atoms with Crippen LogP contribution >= 0.6 is 0 Å². The van der Waals surface area contributed by atoms with Crippen molar-refractivity contribution in [3.8, 4) is 0 Å². The van der Waals surface area contributed by atoms with Gasteiger partial charge < -0.3 is 16.0 Å². The number of carbonyl (C=O) groups excluding carboxylic acids is 3. The Morgan fingerprint density at radius 1 is 0.793 bits per heavy atom. The van der Waals surface area contributed by atoms with E-state index in [1.165, 1.54) is 19.1 Å². The normalized spacial score (nSPS) is 18.6. The van der Waals surface area contributed by atoms with Gasteiger partial charge in [0.25, 0.3) is 0 Å². The molecule has 152 valence electrons. The van der Waals surface area contributed by atoms with Crippen LogP contribution in [0.15, 0.2) is 48.5 Å². The van der Waals surface area contributed by atoms with Gasteiger partial charge in [0, 0.05) is 30.1 Å². The Kier molecular flexibility index (Phi) is 6.59. The molecule has 1 aliphatic rings. The van der Waals surface area contributed by atoms with Gasteiger partial charge in [-0.3, -0.25) is 14.4 Å². The number of anilines is 3. The number of hydrogen-bond acceptors (Lipinski definition) is 3. The van der Waals surface area contributed by atoms with Gasteiger partial charge in [0.15, 0.2) is 0 Å². The average molecular weight is 397 g/mol. The maximum absolute atomic E-state index is 13.7. The van der Waals surface area contributed by atoms with Gasteiger partial charge in [0.2, 0.25) is 17.7 Å². The molecule has 0 aromatic heterocycles. The zero-order chi connectivity index (χ0) is 20.8. The van der Waals surface area contributed by atoms with E-state index in [9.17, 15) is 18.8 Å². The lowest BCUT2D eigenvalue weighted by molar-refractivity contribution is -0.125. The van der Waals surface area contributed by atoms with Gasteiger partial charge in [-0.25, -0.2) is 4.39 Å². The molecule has 0 unspecified atom stereocenters. The summed E-state index contributed by atoms with van der Waals surface area (Å²) in [4.78, 5) is 36.1. The molecule has 0 heterocycles. The van der Waals surface area contributed by atoms with Crippen LogP contribution in [0, 0.1) is 17.7 Å². The highest BCUT2D eigenvalue weighted by molar-refractivity contribution is 5.95. The van der Waals surface area contributed by atoms with Gasteiger partial charge in [0.05, 0.1) is 5.69 Å². The van der Waals surface area contributed by atoms with E-state index < -0.39 is 5.82 Å². The predicted octanol–water partition coefficient (Wildman–Crippen LogP) is 4.17. The third kappa shape index (κ3) is 5.63. The predicted molar refractivity (Wildman–Crippen MR) is 110 cm³/mol. The number of halogens is 1. The molecule has 1 aliphatic carbocycles. The number of nitrogens with one attached hydrogen (secondary N) is 3. The molecule has 7 heteroatoms. The fraction of sp³-hybridized carbons (Fsp3) is 0.318. The molecule has 0 spiro atoms. The molecule has 3 amide bonds. The first-order valence-corrected chi connectivity index (χ1v) is 9.66. The summed E-state index contributed by atoms with van der Waals surface area (Å²) >= 11 is 0. The van der Waals surface area contributed by atoms with E-state index in [-0.39, 0.29) is 35.2 Å². The van der Waals surface area contributed by atoms with Crippen LogP contribution in [0.4, 0.5) is 21.5 Å². The van der Waals surface area contributed by atoms with Crippen molar-refractivity contribution < 1.29 is 18.8 Å². The largest absolute Gasteiger partial charge is 0.326 e. The number of benzene rings is 2. The van der Waals surface area contributed by atoms with E-state index in [0.717, 1.165) is 0 Å². The van der Waals surface area contributed by atoms with Crippen molar-refractivity contribution in [2.24, 2.45) is 11.8 Å². The summed E-state index contributed by atoms with van der Waals surface area (Å²) in [5.41, 5.74) is 1.40. The third-order valence-corrected chi connectivity index (χ3v) is 5.05. The minimum Gasteiger partial charge on any atom is -0.326 e. The van der Waals surface area contributed by atoms with Crippen LogP contribution in [0.5, 0.6) is 0 Å². The van der Waals surface area contributed by atoms with Crippen molar-refractivity contribution >= 4 is 34.8 Å². The van der Waals surface area contributed by atoms with E-state index >= 15 is 0 Å². The number of amides is 3. The van der Waals surface area contributed by atoms with E-state index in [1.54, 1.807) is 36.4 Å². The summed E-state index contributed by atoms with van der Waals surface area (Å²) in [5, 5.41) is 8.19. The summed E-state index contributed by atoms with van der Waals surface area (Å²) in [6, 6.07) is 13.0. The second-order valence-corrected chi connectivity index (χ2v) is 7.27. The van der Waals surface area contributed by atoms with E-state index in [0.29, 0.717) is 37.1 Å². The summed E-state index contributed by atoms with van der Waals surface area (Å²) in [6.07, 6.45) is 2.33. The highest BCUT2D eigenvalue weighted by Crippen LogP contribution is 2.31. The Morgan fingerprint density at radius 2 is 1.34 bits per heavy atom. The Balaban J connectivity index is 1.51. The molecule has 3 N–H and O–H groups in total. The van der Waals surface area contributed by atoms with E-state index in [2.05, 4.69) is 16.0 Å². The highest BCUT2D eigenvalue weighted by atomic mass is 19.1. The molecule has 0 aliphatic heterocycles. The average Bonchev–Trinajstić information content (AvgIpc) is 2.69. The van der Waals surface area contributed by atoms with Crippen LogP contribution < -0.4 is 16.0 Å². The standard InChI is InChI=1S/C22H24FN3O3/c1-14(27)24-17-5-4-6-18(13-17)25-21(28)15-9-11-16(12-10-15)22(29)26-20-8-3-2-7-19(20)23/h2-8,13,15-16H,9-12H2,1H3,(H,24,27)(H,25,28)(H,26,29). The molecular formula is C22H24FN3O3. The van der Waals surface area contributed by atoms with Gasteiger partial charge in [-0.2, -0.15) is 0 Å². The fourth-order valence-corrected chi connectivity index (χ4v) is 3.54. The van der Waals surface area contributed by atoms with Crippen LogP contribution in [0.25, 0.3) is 0 Å². The molecular weight excluding hydrogens is 373 g/mol. The molecule has 29 heavy (non-hydrogen) atoms. The smallest absolute Gasteiger partial charge is 0.227 e. The second-order valence-electron chi connectivity index (χ2n) is 7.27. The van der Waals surface area contributed by atoms with Crippen LogP contribution in [0.1, 0.15) is 32.6 Å². The van der Waals surface area contributed by atoms with Crippen molar-refractivity contribution in [1.29, 1.82) is 0 Å². The van der Waals surface area contributed by atoms with Crippen molar-refractivity contribution in [3.05, 3.63) is 54.3 Å². The summed E-state index contributed by atoms with van der Waals surface area (Å²) in [7, 11) is 0. The first kappa shape index (κ1) is 20.5. The van der Waals surface area contributed by atoms with Crippen LogP contribution in [-0.4, -0.2) is 17.7 Å². The summed E-state index contributed by atoms with van der Waals surface area (Å²) in [6.45, 7) is 1.42. The minimum atomic E-state index is -0.463. The number of para-hydroxylation sites is 1. The molecule has 0 saturated heterocycles. The Morgan fingerprint density at radius 3 is 1.93 bits per heavy atom. The Bertz CT molecular complexity index is 908. The van der Waals surface area contributed by atoms with Crippen molar-refractivity contribution in [1.82, 2.24) is 0 Å². The molecule has 6 nitrogen and oxygen atoms in total. The van der Waals surface area contributed by atoms with Crippen molar-refractivity contribution in [2.45, 2.75) is 32.6 Å². The maximum atomic E-state index is 13.7. The van der Waals surface area contributed by atoms with Gasteiger partial charge in [0.1, 0.15) is 5.82 Å². The molecule has 1 saturated carbocycles. The quantitative estimate of drug-likeness (QED) is 0.708. The van der Waals surface area contributed by atoms with Gasteiger partial charge in [-0.05, 0) is 56.0 Å². The Hall–Kier alpha value is -3.22. The molecule has 0 bridgehead atoms. The number of hydrogen-bond donors (Lipinski definition) is 3. The van der Waals surface area contributed by atoms with Crippen LogP contribution in [0.3, 0.4) is 0 Å². The first-order chi connectivity index (χ1) is 13.9. The van der Waals surface area contributed by atoms with Gasteiger partial charge in [-0.15, -0.1) is 0 Å². The van der Waals surface area contributed by atoms with Crippen LogP contribution in [0.2, 0.25) is 0 Å². The van der Waals surface area contributed by atoms with Gasteiger partial charge >= 0.3 is 0 Å². The zero-order valence-corrected chi connectivity index (χ0v) is 16.2. The zero-order valence-electron chi connectivity index (χ0n) is 16.2. The van der Waals surface area contributed by atoms with Crippen LogP contribution in [-0.2, 0) is 14.4 Å². The first-order valence-electron chi connectivity index (χ1n) is 9.66. The van der Waals surface area contributed by atoms with Crippen molar-refractivity contribution in [3.63, 3.8) is 0 Å². The lowest BCUT2D eigenvalue weighted by Gasteiger charge is -2.27. The SMILES string of the molecule is CC(=O)Nc1cccc(NC(=O)C2CCC(C(=O)Nc3ccccc3F)CC2)c1. The molecule has 1 fully saturated rings. The summed E-state index contributed by atoms with van der Waals surface area (Å²) in [5.74, 6) is -1.37. The molecule has 3 rings (SSSR count). The number of rotatable bonds is 5. The lowest BCUT2D eigenvalue weighted by atomic mass is 9.81. The third-order valence-electron chi connectivity index (χ3n) is 5.05. The van der Waals surface area contributed by atoms with Crippen molar-refractivity contribution in [2.75, 3.05) is 16.0 Å². The summed E-state index contributed by atoms with van der Waals surface area (Å²) < 4.78 is 13.7. The van der Waals surface area contributed by atoms with E-state index in [1.807, 2.05) is 0 Å². The van der Waals surface area contributed by atoms with Gasteiger partial charge in [-0.1, -0.05) is 18.2 Å². The maximum Gasteiger partial charge on any atom is 0.227 e. The minimum absolute atomic E-state index is 0.0991. The van der Waals surface area contributed by atoms with E-state index in [4.69, 9.17) is 0 Å².